The molecule has 1 aromatic rings. The molecule has 1 saturated heterocycles. The lowest BCUT2D eigenvalue weighted by molar-refractivity contribution is 0.277. The van der Waals surface area contributed by atoms with Crippen LogP contribution in [0.2, 0.25) is 0 Å². The zero-order valence-electron chi connectivity index (χ0n) is 8.11. The SMILES string of the molecule is OCc1ccc(N2CCNCC2)cn1. The van der Waals surface area contributed by atoms with Crippen molar-refractivity contribution in [3.05, 3.63) is 24.0 Å². The lowest BCUT2D eigenvalue weighted by atomic mass is 10.3. The topological polar surface area (TPSA) is 48.4 Å². The van der Waals surface area contributed by atoms with Gasteiger partial charge < -0.3 is 15.3 Å². The molecule has 4 heteroatoms. The first-order chi connectivity index (χ1) is 6.90. The van der Waals surface area contributed by atoms with Crippen LogP contribution in [-0.4, -0.2) is 36.3 Å². The van der Waals surface area contributed by atoms with E-state index in [1.54, 1.807) is 0 Å². The third-order valence-corrected chi connectivity index (χ3v) is 2.45. The van der Waals surface area contributed by atoms with E-state index in [4.69, 9.17) is 5.11 Å². The molecule has 2 rings (SSSR count). The highest BCUT2D eigenvalue weighted by atomic mass is 16.3. The quantitative estimate of drug-likeness (QED) is 0.693. The Morgan fingerprint density at radius 2 is 2.14 bits per heavy atom. The van der Waals surface area contributed by atoms with Gasteiger partial charge in [0.05, 0.1) is 24.2 Å². The Hall–Kier alpha value is -1.13. The molecule has 1 aromatic heterocycles. The normalized spacial score (nSPS) is 17.1. The summed E-state index contributed by atoms with van der Waals surface area (Å²) in [6.45, 7) is 4.13. The number of nitrogens with zero attached hydrogens (tertiary/aromatic N) is 2. The number of aliphatic hydroxyl groups is 1. The van der Waals surface area contributed by atoms with E-state index in [1.807, 2.05) is 18.3 Å². The maximum absolute atomic E-state index is 8.85. The molecule has 0 aliphatic carbocycles. The molecule has 0 atom stereocenters. The van der Waals surface area contributed by atoms with Gasteiger partial charge in [0.2, 0.25) is 0 Å². The first-order valence-electron chi connectivity index (χ1n) is 4.91. The summed E-state index contributed by atoms with van der Waals surface area (Å²) in [6.07, 6.45) is 1.83. The van der Waals surface area contributed by atoms with E-state index in [2.05, 4.69) is 15.2 Å². The molecule has 1 aliphatic rings. The summed E-state index contributed by atoms with van der Waals surface area (Å²) in [6, 6.07) is 3.89. The second-order valence-electron chi connectivity index (χ2n) is 3.40. The molecule has 76 valence electrons. The van der Waals surface area contributed by atoms with Gasteiger partial charge in [-0.3, -0.25) is 4.98 Å². The smallest absolute Gasteiger partial charge is 0.0852 e. The van der Waals surface area contributed by atoms with Gasteiger partial charge in [-0.25, -0.2) is 0 Å². The molecule has 2 N–H and O–H groups in total. The van der Waals surface area contributed by atoms with Gasteiger partial charge in [0.15, 0.2) is 0 Å². The van der Waals surface area contributed by atoms with E-state index in [0.29, 0.717) is 0 Å². The van der Waals surface area contributed by atoms with Crippen LogP contribution < -0.4 is 10.2 Å². The number of aliphatic hydroxyl groups excluding tert-OH is 1. The molecule has 0 saturated carbocycles. The van der Waals surface area contributed by atoms with Crippen LogP contribution >= 0.6 is 0 Å². The zero-order valence-corrected chi connectivity index (χ0v) is 8.11. The van der Waals surface area contributed by atoms with E-state index in [9.17, 15) is 0 Å². The Morgan fingerprint density at radius 3 is 2.71 bits per heavy atom. The number of pyridine rings is 1. The number of rotatable bonds is 2. The highest BCUT2D eigenvalue weighted by Gasteiger charge is 2.09. The minimum atomic E-state index is 0.0157. The van der Waals surface area contributed by atoms with Crippen LogP contribution in [-0.2, 0) is 6.61 Å². The highest BCUT2D eigenvalue weighted by Crippen LogP contribution is 2.13. The van der Waals surface area contributed by atoms with E-state index >= 15 is 0 Å². The van der Waals surface area contributed by atoms with Gasteiger partial charge in [-0.1, -0.05) is 0 Å². The maximum atomic E-state index is 8.85. The van der Waals surface area contributed by atoms with Crippen molar-refractivity contribution in [2.45, 2.75) is 6.61 Å². The highest BCUT2D eigenvalue weighted by molar-refractivity contribution is 5.44. The van der Waals surface area contributed by atoms with Gasteiger partial charge in [0, 0.05) is 26.2 Å². The first-order valence-corrected chi connectivity index (χ1v) is 4.91. The maximum Gasteiger partial charge on any atom is 0.0852 e. The Bertz CT molecular complexity index is 280. The number of hydrogen-bond donors (Lipinski definition) is 2. The summed E-state index contributed by atoms with van der Waals surface area (Å²) in [4.78, 5) is 6.46. The van der Waals surface area contributed by atoms with Crippen molar-refractivity contribution in [1.29, 1.82) is 0 Å². The molecular formula is C10H15N3O. The number of hydrogen-bond acceptors (Lipinski definition) is 4. The lowest BCUT2D eigenvalue weighted by Crippen LogP contribution is -2.43. The molecule has 14 heavy (non-hydrogen) atoms. The molecule has 0 aromatic carbocycles. The molecule has 0 bridgehead atoms. The molecule has 0 unspecified atom stereocenters. The number of aromatic nitrogens is 1. The summed E-state index contributed by atoms with van der Waals surface area (Å²) in [5.74, 6) is 0. The Balaban J connectivity index is 2.07. The predicted octanol–water partition coefficient (Wildman–Crippen LogP) is -0.0165. The van der Waals surface area contributed by atoms with E-state index < -0.39 is 0 Å². The fourth-order valence-electron chi connectivity index (χ4n) is 1.62. The summed E-state index contributed by atoms with van der Waals surface area (Å²) in [5.41, 5.74) is 1.87. The Labute approximate surface area is 83.6 Å². The second-order valence-corrected chi connectivity index (χ2v) is 3.40. The van der Waals surface area contributed by atoms with E-state index in [-0.39, 0.29) is 6.61 Å². The van der Waals surface area contributed by atoms with Gasteiger partial charge in [0.25, 0.3) is 0 Å². The molecule has 1 aliphatic heterocycles. The van der Waals surface area contributed by atoms with Crippen molar-refractivity contribution in [1.82, 2.24) is 10.3 Å². The Kier molecular flexibility index (Phi) is 2.96. The van der Waals surface area contributed by atoms with Crippen molar-refractivity contribution < 1.29 is 5.11 Å². The lowest BCUT2D eigenvalue weighted by Gasteiger charge is -2.29. The van der Waals surface area contributed by atoms with Crippen LogP contribution in [0.25, 0.3) is 0 Å². The van der Waals surface area contributed by atoms with Crippen molar-refractivity contribution in [3.63, 3.8) is 0 Å². The van der Waals surface area contributed by atoms with Gasteiger partial charge >= 0.3 is 0 Å². The monoisotopic (exact) mass is 193 g/mol. The zero-order chi connectivity index (χ0) is 9.80. The Morgan fingerprint density at radius 1 is 1.36 bits per heavy atom. The van der Waals surface area contributed by atoms with Crippen molar-refractivity contribution in [3.8, 4) is 0 Å². The van der Waals surface area contributed by atoms with Gasteiger partial charge in [-0.05, 0) is 12.1 Å². The van der Waals surface area contributed by atoms with Crippen LogP contribution in [0.15, 0.2) is 18.3 Å². The average molecular weight is 193 g/mol. The molecule has 1 fully saturated rings. The van der Waals surface area contributed by atoms with Crippen molar-refractivity contribution >= 4 is 5.69 Å². The fraction of sp³-hybridized carbons (Fsp3) is 0.500. The van der Waals surface area contributed by atoms with Crippen molar-refractivity contribution in [2.24, 2.45) is 0 Å². The number of nitrogens with one attached hydrogen (secondary N) is 1. The third kappa shape index (κ3) is 2.02. The largest absolute Gasteiger partial charge is 0.390 e. The number of piperazine rings is 1. The van der Waals surface area contributed by atoms with Crippen LogP contribution in [0.5, 0.6) is 0 Å². The minimum absolute atomic E-state index is 0.0157. The van der Waals surface area contributed by atoms with E-state index in [1.165, 1.54) is 0 Å². The molecule has 4 nitrogen and oxygen atoms in total. The molecule has 2 heterocycles. The molecule has 0 amide bonds. The van der Waals surface area contributed by atoms with Gasteiger partial charge in [-0.2, -0.15) is 0 Å². The van der Waals surface area contributed by atoms with Crippen LogP contribution in [0.4, 0.5) is 5.69 Å². The fourth-order valence-corrected chi connectivity index (χ4v) is 1.62. The molecule has 0 spiro atoms. The third-order valence-electron chi connectivity index (χ3n) is 2.45. The summed E-state index contributed by atoms with van der Waals surface area (Å²) in [7, 11) is 0. The minimum Gasteiger partial charge on any atom is -0.390 e. The van der Waals surface area contributed by atoms with Crippen molar-refractivity contribution in [2.75, 3.05) is 31.1 Å². The predicted molar refractivity (Wildman–Crippen MR) is 55.2 cm³/mol. The molecular weight excluding hydrogens is 178 g/mol. The standard InChI is InChI=1S/C10H15N3O/c14-8-9-1-2-10(7-12-9)13-5-3-11-4-6-13/h1-2,7,11,14H,3-6,8H2. The van der Waals surface area contributed by atoms with Gasteiger partial charge in [-0.15, -0.1) is 0 Å². The van der Waals surface area contributed by atoms with E-state index in [0.717, 1.165) is 37.6 Å². The summed E-state index contributed by atoms with van der Waals surface area (Å²) < 4.78 is 0. The van der Waals surface area contributed by atoms with Crippen LogP contribution in [0, 0.1) is 0 Å². The van der Waals surface area contributed by atoms with Gasteiger partial charge in [0.1, 0.15) is 0 Å². The average Bonchev–Trinajstić information content (AvgIpc) is 2.30. The summed E-state index contributed by atoms with van der Waals surface area (Å²) in [5, 5.41) is 12.2. The van der Waals surface area contributed by atoms with Crippen LogP contribution in [0.3, 0.4) is 0 Å². The number of anilines is 1. The molecule has 0 radical (unpaired) electrons. The second kappa shape index (κ2) is 4.39. The first kappa shape index (κ1) is 9.43. The summed E-state index contributed by atoms with van der Waals surface area (Å²) >= 11 is 0. The van der Waals surface area contributed by atoms with Crippen LogP contribution in [0.1, 0.15) is 5.69 Å².